The van der Waals surface area contributed by atoms with Gasteiger partial charge >= 0.3 is 6.09 Å². The first-order valence-electron chi connectivity index (χ1n) is 5.15. The molecule has 7 nitrogen and oxygen atoms in total. The van der Waals surface area contributed by atoms with E-state index < -0.39 is 6.09 Å². The van der Waals surface area contributed by atoms with Crippen molar-refractivity contribution in [3.05, 3.63) is 30.6 Å². The molecular formula is C11H11N5O2. The Morgan fingerprint density at radius 3 is 2.50 bits per heavy atom. The molecule has 0 unspecified atom stereocenters. The lowest BCUT2D eigenvalue weighted by molar-refractivity contribution is 0.203. The average molecular weight is 245 g/mol. The van der Waals surface area contributed by atoms with Gasteiger partial charge in [-0.3, -0.25) is 4.90 Å². The number of amides is 1. The summed E-state index contributed by atoms with van der Waals surface area (Å²) < 4.78 is 0. The molecule has 0 aliphatic heterocycles. The number of carbonyl (C=O) groups is 1. The van der Waals surface area contributed by atoms with E-state index in [4.69, 9.17) is 5.11 Å². The largest absolute Gasteiger partial charge is 0.465 e. The molecule has 0 bridgehead atoms. The third-order valence-electron chi connectivity index (χ3n) is 2.42. The van der Waals surface area contributed by atoms with Crippen LogP contribution in [0.3, 0.4) is 0 Å². The van der Waals surface area contributed by atoms with Crippen molar-refractivity contribution in [3.8, 4) is 11.4 Å². The van der Waals surface area contributed by atoms with Gasteiger partial charge in [0.05, 0.1) is 23.1 Å². The SMILES string of the molecule is Cc1nc(-c2cncnc2)ncc1N(C)C(=O)O. The second-order valence-corrected chi connectivity index (χ2v) is 3.63. The molecule has 7 heteroatoms. The molecule has 1 amide bonds. The van der Waals surface area contributed by atoms with E-state index in [-0.39, 0.29) is 0 Å². The van der Waals surface area contributed by atoms with Gasteiger partial charge in [-0.15, -0.1) is 0 Å². The summed E-state index contributed by atoms with van der Waals surface area (Å²) in [6.45, 7) is 1.73. The van der Waals surface area contributed by atoms with Crippen LogP contribution in [0.15, 0.2) is 24.9 Å². The van der Waals surface area contributed by atoms with Gasteiger partial charge in [0.2, 0.25) is 0 Å². The minimum atomic E-state index is -1.06. The molecule has 18 heavy (non-hydrogen) atoms. The highest BCUT2D eigenvalue weighted by molar-refractivity contribution is 5.85. The number of hydrogen-bond donors (Lipinski definition) is 1. The van der Waals surface area contributed by atoms with Crippen molar-refractivity contribution in [2.24, 2.45) is 0 Å². The molecule has 0 atom stereocenters. The van der Waals surface area contributed by atoms with Crippen LogP contribution in [0.5, 0.6) is 0 Å². The van der Waals surface area contributed by atoms with Crippen molar-refractivity contribution in [2.45, 2.75) is 6.92 Å². The third kappa shape index (κ3) is 2.24. The van der Waals surface area contributed by atoms with E-state index in [1.807, 2.05) is 0 Å². The third-order valence-corrected chi connectivity index (χ3v) is 2.42. The van der Waals surface area contributed by atoms with Crippen LogP contribution >= 0.6 is 0 Å². The normalized spacial score (nSPS) is 10.1. The van der Waals surface area contributed by atoms with Gasteiger partial charge in [-0.1, -0.05) is 0 Å². The Morgan fingerprint density at radius 2 is 1.94 bits per heavy atom. The Kier molecular flexibility index (Phi) is 3.13. The lowest BCUT2D eigenvalue weighted by atomic mass is 10.3. The summed E-state index contributed by atoms with van der Waals surface area (Å²) in [7, 11) is 1.44. The van der Waals surface area contributed by atoms with Gasteiger partial charge in [0.15, 0.2) is 5.82 Å². The number of hydrogen-bond acceptors (Lipinski definition) is 5. The molecule has 2 aromatic heterocycles. The van der Waals surface area contributed by atoms with Crippen molar-refractivity contribution in [3.63, 3.8) is 0 Å². The molecule has 0 saturated heterocycles. The molecule has 2 heterocycles. The van der Waals surface area contributed by atoms with Crippen LogP contribution in [0.1, 0.15) is 5.69 Å². The number of nitrogens with zero attached hydrogens (tertiary/aromatic N) is 5. The van der Waals surface area contributed by atoms with E-state index in [0.29, 0.717) is 22.8 Å². The zero-order valence-electron chi connectivity index (χ0n) is 9.90. The molecule has 1 N–H and O–H groups in total. The molecule has 0 aliphatic carbocycles. The minimum absolute atomic E-state index is 0.447. The fourth-order valence-electron chi connectivity index (χ4n) is 1.45. The molecule has 2 rings (SSSR count). The predicted molar refractivity (Wildman–Crippen MR) is 64.2 cm³/mol. The Hall–Kier alpha value is -2.57. The highest BCUT2D eigenvalue weighted by atomic mass is 16.4. The van der Waals surface area contributed by atoms with Crippen LogP contribution in [-0.2, 0) is 0 Å². The lowest BCUT2D eigenvalue weighted by Gasteiger charge is -2.14. The number of aryl methyl sites for hydroxylation is 1. The first kappa shape index (κ1) is 11.9. The summed E-state index contributed by atoms with van der Waals surface area (Å²) in [6.07, 6.45) is 5.03. The smallest absolute Gasteiger partial charge is 0.411 e. The second-order valence-electron chi connectivity index (χ2n) is 3.63. The van der Waals surface area contributed by atoms with E-state index >= 15 is 0 Å². The fourth-order valence-corrected chi connectivity index (χ4v) is 1.45. The van der Waals surface area contributed by atoms with Crippen LogP contribution in [0.2, 0.25) is 0 Å². The van der Waals surface area contributed by atoms with Crippen LogP contribution in [-0.4, -0.2) is 38.2 Å². The van der Waals surface area contributed by atoms with Crippen LogP contribution < -0.4 is 4.90 Å². The highest BCUT2D eigenvalue weighted by Crippen LogP contribution is 2.19. The Bertz CT molecular complexity index is 573. The van der Waals surface area contributed by atoms with Crippen LogP contribution in [0.4, 0.5) is 10.5 Å². The number of anilines is 1. The average Bonchev–Trinajstić information content (AvgIpc) is 2.38. The molecule has 0 aromatic carbocycles. The Balaban J connectivity index is 2.40. The topological polar surface area (TPSA) is 92.1 Å². The summed E-state index contributed by atoms with van der Waals surface area (Å²) in [5.41, 5.74) is 1.71. The molecule has 0 aliphatic rings. The van der Waals surface area contributed by atoms with Crippen molar-refractivity contribution in [2.75, 3.05) is 11.9 Å². The van der Waals surface area contributed by atoms with Gasteiger partial charge < -0.3 is 5.11 Å². The van der Waals surface area contributed by atoms with Gasteiger partial charge in [-0.05, 0) is 6.92 Å². The fraction of sp³-hybridized carbons (Fsp3) is 0.182. The first-order valence-corrected chi connectivity index (χ1v) is 5.15. The van der Waals surface area contributed by atoms with Crippen LogP contribution in [0, 0.1) is 6.92 Å². The van der Waals surface area contributed by atoms with Crippen molar-refractivity contribution in [1.82, 2.24) is 19.9 Å². The maximum atomic E-state index is 10.9. The summed E-state index contributed by atoms with van der Waals surface area (Å²) in [6, 6.07) is 0. The van der Waals surface area contributed by atoms with E-state index in [2.05, 4.69) is 19.9 Å². The molecule has 92 valence electrons. The van der Waals surface area contributed by atoms with Gasteiger partial charge in [0.1, 0.15) is 6.33 Å². The maximum absolute atomic E-state index is 10.9. The van der Waals surface area contributed by atoms with E-state index in [1.54, 1.807) is 19.3 Å². The zero-order valence-corrected chi connectivity index (χ0v) is 9.90. The standard InChI is InChI=1S/C11H11N5O2/c1-7-9(16(2)11(17)18)5-14-10(15-7)8-3-12-6-13-4-8/h3-6H,1-2H3,(H,17,18). The number of carboxylic acid groups (broad SMARTS) is 1. The molecular weight excluding hydrogens is 234 g/mol. The summed E-state index contributed by atoms with van der Waals surface area (Å²) in [4.78, 5) is 28.1. The Morgan fingerprint density at radius 1 is 1.28 bits per heavy atom. The highest BCUT2D eigenvalue weighted by Gasteiger charge is 2.13. The van der Waals surface area contributed by atoms with Crippen molar-refractivity contribution < 1.29 is 9.90 Å². The van der Waals surface area contributed by atoms with Crippen molar-refractivity contribution in [1.29, 1.82) is 0 Å². The lowest BCUT2D eigenvalue weighted by Crippen LogP contribution is -2.25. The molecule has 0 saturated carbocycles. The zero-order chi connectivity index (χ0) is 13.1. The van der Waals surface area contributed by atoms with Gasteiger partial charge in [-0.25, -0.2) is 24.7 Å². The maximum Gasteiger partial charge on any atom is 0.411 e. The molecule has 0 fully saturated rings. The summed E-state index contributed by atoms with van der Waals surface area (Å²) >= 11 is 0. The minimum Gasteiger partial charge on any atom is -0.465 e. The predicted octanol–water partition coefficient (Wildman–Crippen LogP) is 1.36. The second kappa shape index (κ2) is 4.74. The van der Waals surface area contributed by atoms with Crippen molar-refractivity contribution >= 4 is 11.8 Å². The number of rotatable bonds is 2. The van der Waals surface area contributed by atoms with E-state index in [0.717, 1.165) is 4.90 Å². The Labute approximate surface area is 103 Å². The van der Waals surface area contributed by atoms with Gasteiger partial charge in [0, 0.05) is 19.4 Å². The summed E-state index contributed by atoms with van der Waals surface area (Å²) in [5.74, 6) is 0.468. The molecule has 0 radical (unpaired) electrons. The first-order chi connectivity index (χ1) is 8.59. The number of aromatic nitrogens is 4. The molecule has 2 aromatic rings. The van der Waals surface area contributed by atoms with E-state index in [1.165, 1.54) is 19.6 Å². The summed E-state index contributed by atoms with van der Waals surface area (Å²) in [5, 5.41) is 8.90. The van der Waals surface area contributed by atoms with Crippen LogP contribution in [0.25, 0.3) is 11.4 Å². The van der Waals surface area contributed by atoms with Gasteiger partial charge in [0.25, 0.3) is 0 Å². The monoisotopic (exact) mass is 245 g/mol. The van der Waals surface area contributed by atoms with Gasteiger partial charge in [-0.2, -0.15) is 0 Å². The quantitative estimate of drug-likeness (QED) is 0.858. The van der Waals surface area contributed by atoms with E-state index in [9.17, 15) is 4.79 Å². The molecule has 0 spiro atoms.